The molecule has 1 aliphatic rings. The van der Waals surface area contributed by atoms with Crippen molar-refractivity contribution < 1.29 is 0 Å². The van der Waals surface area contributed by atoms with Crippen LogP contribution >= 0.6 is 0 Å². The second-order valence-corrected chi connectivity index (χ2v) is 4.98. The number of rotatable bonds is 4. The van der Waals surface area contributed by atoms with Crippen LogP contribution in [-0.2, 0) is 19.4 Å². The van der Waals surface area contributed by atoms with E-state index < -0.39 is 5.54 Å². The van der Waals surface area contributed by atoms with E-state index in [2.05, 4.69) is 20.9 Å². The zero-order valence-electron chi connectivity index (χ0n) is 10.7. The van der Waals surface area contributed by atoms with Crippen molar-refractivity contribution in [1.82, 2.24) is 14.9 Å². The molecule has 1 aliphatic carbocycles. The van der Waals surface area contributed by atoms with Crippen LogP contribution in [-0.4, -0.2) is 22.1 Å². The van der Waals surface area contributed by atoms with E-state index in [-0.39, 0.29) is 0 Å². The molecule has 0 amide bonds. The summed E-state index contributed by atoms with van der Waals surface area (Å²) in [4.78, 5) is 4.47. The summed E-state index contributed by atoms with van der Waals surface area (Å²) < 4.78 is 2.22. The minimum absolute atomic E-state index is 0.439. The number of hydrogen-bond acceptors (Lipinski definition) is 3. The van der Waals surface area contributed by atoms with E-state index >= 15 is 0 Å². The number of aryl methyl sites for hydroxylation is 2. The first-order valence-electron chi connectivity index (χ1n) is 6.31. The van der Waals surface area contributed by atoms with Crippen molar-refractivity contribution in [1.29, 1.82) is 5.26 Å². The summed E-state index contributed by atoms with van der Waals surface area (Å²) in [5.41, 5.74) is 2.21. The molecule has 1 N–H and O–H groups in total. The second-order valence-electron chi connectivity index (χ2n) is 4.98. The van der Waals surface area contributed by atoms with Crippen molar-refractivity contribution in [3.63, 3.8) is 0 Å². The summed E-state index contributed by atoms with van der Waals surface area (Å²) in [6.45, 7) is 2.81. The summed E-state index contributed by atoms with van der Waals surface area (Å²) in [7, 11) is 1.84. The van der Waals surface area contributed by atoms with Crippen LogP contribution in [0.3, 0.4) is 0 Å². The molecular formula is C13H20N4. The van der Waals surface area contributed by atoms with E-state index in [1.165, 1.54) is 24.2 Å². The Morgan fingerprint density at radius 2 is 2.29 bits per heavy atom. The second kappa shape index (κ2) is 4.89. The van der Waals surface area contributed by atoms with Gasteiger partial charge in [0.15, 0.2) is 0 Å². The molecule has 2 rings (SSSR count). The normalized spacial score (nSPS) is 18.2. The molecule has 1 unspecified atom stereocenters. The summed E-state index contributed by atoms with van der Waals surface area (Å²) in [5, 5.41) is 12.2. The molecule has 0 spiro atoms. The van der Waals surface area contributed by atoms with Gasteiger partial charge in [-0.3, -0.25) is 0 Å². The summed E-state index contributed by atoms with van der Waals surface area (Å²) in [5.74, 6) is 0. The van der Waals surface area contributed by atoms with Gasteiger partial charge in [-0.2, -0.15) is 5.26 Å². The molecule has 0 radical (unpaired) electrons. The Hall–Kier alpha value is -1.34. The lowest BCUT2D eigenvalue weighted by Crippen LogP contribution is -2.39. The highest BCUT2D eigenvalue weighted by Crippen LogP contribution is 2.21. The third-order valence-corrected chi connectivity index (χ3v) is 3.76. The van der Waals surface area contributed by atoms with Crippen molar-refractivity contribution in [2.24, 2.45) is 0 Å². The molecule has 1 atom stereocenters. The summed E-state index contributed by atoms with van der Waals surface area (Å²) in [6.07, 6.45) is 7.52. The maximum atomic E-state index is 9.11. The number of hydrogen-bond donors (Lipinski definition) is 1. The van der Waals surface area contributed by atoms with E-state index in [1.807, 2.05) is 20.3 Å². The molecule has 1 heterocycles. The van der Waals surface area contributed by atoms with E-state index in [0.717, 1.165) is 25.8 Å². The maximum absolute atomic E-state index is 9.11. The van der Waals surface area contributed by atoms with Crippen molar-refractivity contribution in [2.75, 3.05) is 7.05 Å². The molecule has 1 aromatic rings. The lowest BCUT2D eigenvalue weighted by Gasteiger charge is -2.22. The average Bonchev–Trinajstić information content (AvgIpc) is 2.79. The number of aromatic nitrogens is 2. The van der Waals surface area contributed by atoms with Crippen LogP contribution in [0.5, 0.6) is 0 Å². The first-order valence-corrected chi connectivity index (χ1v) is 6.31. The Labute approximate surface area is 103 Å². The van der Waals surface area contributed by atoms with Gasteiger partial charge in [0.25, 0.3) is 0 Å². The fraction of sp³-hybridized carbons (Fsp3) is 0.692. The van der Waals surface area contributed by atoms with E-state index in [9.17, 15) is 0 Å². The van der Waals surface area contributed by atoms with E-state index in [1.54, 1.807) is 0 Å². The standard InChI is InChI=1S/C13H20N4/c1-13(9-14,15-2)7-8-17-10-16-11-5-3-4-6-12(11)17/h10,15H,3-8H2,1-2H3. The molecule has 0 saturated carbocycles. The van der Waals surface area contributed by atoms with Crippen LogP contribution in [0.2, 0.25) is 0 Å². The molecule has 0 aliphatic heterocycles. The van der Waals surface area contributed by atoms with Gasteiger partial charge in [0.2, 0.25) is 0 Å². The molecule has 0 saturated heterocycles. The Balaban J connectivity index is 2.05. The molecule has 0 aromatic carbocycles. The first-order chi connectivity index (χ1) is 8.18. The van der Waals surface area contributed by atoms with Crippen molar-refractivity contribution in [3.05, 3.63) is 17.7 Å². The van der Waals surface area contributed by atoms with Gasteiger partial charge in [-0.15, -0.1) is 0 Å². The van der Waals surface area contributed by atoms with E-state index in [4.69, 9.17) is 5.26 Å². The third-order valence-electron chi connectivity index (χ3n) is 3.76. The summed E-state index contributed by atoms with van der Waals surface area (Å²) >= 11 is 0. The molecule has 4 nitrogen and oxygen atoms in total. The van der Waals surface area contributed by atoms with Gasteiger partial charge in [0.1, 0.15) is 5.54 Å². The molecule has 92 valence electrons. The Morgan fingerprint density at radius 3 is 3.00 bits per heavy atom. The van der Waals surface area contributed by atoms with Gasteiger partial charge >= 0.3 is 0 Å². The quantitative estimate of drug-likeness (QED) is 0.859. The average molecular weight is 232 g/mol. The van der Waals surface area contributed by atoms with Crippen LogP contribution in [0.1, 0.15) is 37.6 Å². The van der Waals surface area contributed by atoms with Crippen LogP contribution in [0.25, 0.3) is 0 Å². The molecule has 17 heavy (non-hydrogen) atoms. The Morgan fingerprint density at radius 1 is 1.53 bits per heavy atom. The van der Waals surface area contributed by atoms with Gasteiger partial charge in [0.05, 0.1) is 18.1 Å². The molecular weight excluding hydrogens is 212 g/mol. The van der Waals surface area contributed by atoms with Crippen LogP contribution in [0.15, 0.2) is 6.33 Å². The zero-order valence-corrected chi connectivity index (χ0v) is 10.7. The van der Waals surface area contributed by atoms with Gasteiger partial charge in [-0.1, -0.05) is 0 Å². The number of nitriles is 1. The number of imidazole rings is 1. The minimum Gasteiger partial charge on any atom is -0.334 e. The van der Waals surface area contributed by atoms with Crippen LogP contribution in [0.4, 0.5) is 0 Å². The molecule has 0 fully saturated rings. The molecule has 1 aromatic heterocycles. The fourth-order valence-electron chi connectivity index (χ4n) is 2.30. The fourth-order valence-corrected chi connectivity index (χ4v) is 2.30. The largest absolute Gasteiger partial charge is 0.334 e. The summed E-state index contributed by atoms with van der Waals surface area (Å²) in [6, 6.07) is 2.33. The minimum atomic E-state index is -0.439. The molecule has 4 heteroatoms. The van der Waals surface area contributed by atoms with Gasteiger partial charge in [-0.05, 0) is 46.1 Å². The lowest BCUT2D eigenvalue weighted by molar-refractivity contribution is 0.416. The number of nitrogens with one attached hydrogen (secondary N) is 1. The Kier molecular flexibility index (Phi) is 3.49. The van der Waals surface area contributed by atoms with Gasteiger partial charge in [-0.25, -0.2) is 4.98 Å². The zero-order chi connectivity index (χ0) is 12.3. The number of nitrogens with zero attached hydrogens (tertiary/aromatic N) is 3. The lowest BCUT2D eigenvalue weighted by atomic mass is 9.99. The van der Waals surface area contributed by atoms with Crippen LogP contribution in [0, 0.1) is 11.3 Å². The van der Waals surface area contributed by atoms with Crippen LogP contribution < -0.4 is 5.32 Å². The highest BCUT2D eigenvalue weighted by Gasteiger charge is 2.22. The first kappa shape index (κ1) is 12.1. The predicted molar refractivity (Wildman–Crippen MR) is 66.6 cm³/mol. The smallest absolute Gasteiger partial charge is 0.105 e. The topological polar surface area (TPSA) is 53.6 Å². The predicted octanol–water partition coefficient (Wildman–Crippen LogP) is 1.65. The van der Waals surface area contributed by atoms with Crippen molar-refractivity contribution >= 4 is 0 Å². The third kappa shape index (κ3) is 2.50. The van der Waals surface area contributed by atoms with Gasteiger partial charge < -0.3 is 9.88 Å². The highest BCUT2D eigenvalue weighted by atomic mass is 15.1. The Bertz CT molecular complexity index is 429. The van der Waals surface area contributed by atoms with Crippen molar-refractivity contribution in [2.45, 2.75) is 51.1 Å². The monoisotopic (exact) mass is 232 g/mol. The maximum Gasteiger partial charge on any atom is 0.105 e. The highest BCUT2D eigenvalue weighted by molar-refractivity contribution is 5.16. The molecule has 0 bridgehead atoms. The van der Waals surface area contributed by atoms with Gasteiger partial charge in [0, 0.05) is 12.2 Å². The van der Waals surface area contributed by atoms with E-state index in [0.29, 0.717) is 0 Å². The van der Waals surface area contributed by atoms with Crippen molar-refractivity contribution in [3.8, 4) is 6.07 Å². The SMILES string of the molecule is CNC(C)(C#N)CCn1cnc2c1CCCC2. The number of fused-ring (bicyclic) bond motifs is 1.